The Hall–Kier alpha value is -2.37. The van der Waals surface area contributed by atoms with Gasteiger partial charge in [0.1, 0.15) is 11.4 Å². The minimum atomic E-state index is -0.516. The summed E-state index contributed by atoms with van der Waals surface area (Å²) in [4.78, 5) is 19.7. The average molecular weight is 424 g/mol. The molecule has 2 fully saturated rings. The quantitative estimate of drug-likeness (QED) is 0.674. The van der Waals surface area contributed by atoms with Crippen LogP contribution in [0.1, 0.15) is 69.5 Å². The number of ether oxygens (including phenoxy) is 2. The maximum Gasteiger partial charge on any atom is 0.310 e. The van der Waals surface area contributed by atoms with Crippen LogP contribution < -0.4 is 10.2 Å². The van der Waals surface area contributed by atoms with Crippen LogP contribution >= 0.6 is 0 Å². The zero-order valence-corrected chi connectivity index (χ0v) is 18.9. The van der Waals surface area contributed by atoms with Crippen LogP contribution in [-0.2, 0) is 14.4 Å². The van der Waals surface area contributed by atoms with Crippen molar-refractivity contribution in [3.8, 4) is 5.75 Å². The molecule has 1 N–H and O–H groups in total. The van der Waals surface area contributed by atoms with Gasteiger partial charge in [0.2, 0.25) is 0 Å². The second-order valence-corrected chi connectivity index (χ2v) is 9.70. The number of para-hydroxylation sites is 1. The average Bonchev–Trinajstić information content (AvgIpc) is 3.16. The van der Waals surface area contributed by atoms with E-state index in [1.807, 2.05) is 57.2 Å². The van der Waals surface area contributed by atoms with Gasteiger partial charge in [0.05, 0.1) is 24.7 Å². The lowest BCUT2D eigenvalue weighted by atomic mass is 9.64. The zero-order chi connectivity index (χ0) is 22.1. The molecular formula is C26H33NO4. The first-order valence-electron chi connectivity index (χ1n) is 11.2. The Morgan fingerprint density at radius 2 is 1.81 bits per heavy atom. The minimum absolute atomic E-state index is 0.000233. The Kier molecular flexibility index (Phi) is 6.09. The number of carbonyl (C=O) groups is 1. The minimum Gasteiger partial charge on any atom is -0.496 e. The van der Waals surface area contributed by atoms with E-state index in [-0.39, 0.29) is 23.8 Å². The van der Waals surface area contributed by atoms with Crippen molar-refractivity contribution < 1.29 is 19.1 Å². The molecule has 5 heteroatoms. The molecule has 1 saturated heterocycles. The largest absolute Gasteiger partial charge is 0.496 e. The SMILES string of the molecule is COc1ccccc1[C@H]1C[C@@]2(CCCC(C(=O)OC(C)(C)C)[C@H]2c2ccccc2)ON1. The van der Waals surface area contributed by atoms with E-state index >= 15 is 0 Å². The second kappa shape index (κ2) is 8.64. The van der Waals surface area contributed by atoms with Crippen molar-refractivity contribution in [1.29, 1.82) is 0 Å². The number of hydroxylamine groups is 1. The van der Waals surface area contributed by atoms with Gasteiger partial charge >= 0.3 is 5.97 Å². The van der Waals surface area contributed by atoms with E-state index in [0.717, 1.165) is 42.6 Å². The number of nitrogens with one attached hydrogen (secondary N) is 1. The molecule has 0 bridgehead atoms. The monoisotopic (exact) mass is 423 g/mol. The van der Waals surface area contributed by atoms with Gasteiger partial charge in [-0.25, -0.2) is 0 Å². The van der Waals surface area contributed by atoms with E-state index in [4.69, 9.17) is 14.3 Å². The third-order valence-electron chi connectivity index (χ3n) is 6.42. The molecule has 4 rings (SSSR count). The van der Waals surface area contributed by atoms with Gasteiger partial charge < -0.3 is 9.47 Å². The van der Waals surface area contributed by atoms with Crippen LogP contribution in [0, 0.1) is 5.92 Å². The van der Waals surface area contributed by atoms with Gasteiger partial charge in [-0.3, -0.25) is 9.63 Å². The van der Waals surface area contributed by atoms with E-state index < -0.39 is 11.2 Å². The van der Waals surface area contributed by atoms with E-state index in [2.05, 4.69) is 23.7 Å². The normalized spacial score (nSPS) is 28.5. The molecule has 0 amide bonds. The lowest BCUT2D eigenvalue weighted by Crippen LogP contribution is -2.47. The Morgan fingerprint density at radius 3 is 2.52 bits per heavy atom. The van der Waals surface area contributed by atoms with Gasteiger partial charge in [0.15, 0.2) is 0 Å². The number of carbonyl (C=O) groups excluding carboxylic acids is 1. The van der Waals surface area contributed by atoms with Crippen molar-refractivity contribution in [3.63, 3.8) is 0 Å². The number of rotatable bonds is 4. The van der Waals surface area contributed by atoms with Gasteiger partial charge in [-0.15, -0.1) is 0 Å². The molecule has 1 saturated carbocycles. The van der Waals surface area contributed by atoms with Crippen LogP contribution in [0.2, 0.25) is 0 Å². The molecule has 1 aliphatic carbocycles. The van der Waals surface area contributed by atoms with E-state index in [1.165, 1.54) is 0 Å². The zero-order valence-electron chi connectivity index (χ0n) is 18.9. The Labute approximate surface area is 185 Å². The first-order valence-corrected chi connectivity index (χ1v) is 11.2. The van der Waals surface area contributed by atoms with Gasteiger partial charge in [-0.2, -0.15) is 5.48 Å². The number of esters is 1. The van der Waals surface area contributed by atoms with Crippen molar-refractivity contribution >= 4 is 5.97 Å². The van der Waals surface area contributed by atoms with Crippen LogP contribution in [-0.4, -0.2) is 24.3 Å². The summed E-state index contributed by atoms with van der Waals surface area (Å²) in [6, 6.07) is 18.3. The fraction of sp³-hybridized carbons (Fsp3) is 0.500. The molecule has 1 spiro atoms. The van der Waals surface area contributed by atoms with Crippen LogP contribution in [0.3, 0.4) is 0 Å². The van der Waals surface area contributed by atoms with Gasteiger partial charge in [-0.05, 0) is 51.7 Å². The summed E-state index contributed by atoms with van der Waals surface area (Å²) in [5.74, 6) is 0.388. The summed E-state index contributed by atoms with van der Waals surface area (Å²) >= 11 is 0. The molecule has 1 heterocycles. The maximum atomic E-state index is 13.3. The molecule has 31 heavy (non-hydrogen) atoms. The summed E-state index contributed by atoms with van der Waals surface area (Å²) in [6.07, 6.45) is 3.39. The van der Waals surface area contributed by atoms with Crippen molar-refractivity contribution in [3.05, 3.63) is 65.7 Å². The van der Waals surface area contributed by atoms with Gasteiger partial charge in [0, 0.05) is 17.9 Å². The lowest BCUT2D eigenvalue weighted by molar-refractivity contribution is -0.170. The molecule has 0 aromatic heterocycles. The third kappa shape index (κ3) is 4.48. The number of benzene rings is 2. The van der Waals surface area contributed by atoms with Gasteiger partial charge in [-0.1, -0.05) is 48.5 Å². The molecule has 1 unspecified atom stereocenters. The first kappa shape index (κ1) is 21.8. The molecular weight excluding hydrogens is 390 g/mol. The van der Waals surface area contributed by atoms with Crippen molar-refractivity contribution in [2.45, 2.75) is 69.6 Å². The van der Waals surface area contributed by atoms with Crippen LogP contribution in [0.25, 0.3) is 0 Å². The molecule has 5 nitrogen and oxygen atoms in total. The van der Waals surface area contributed by atoms with Gasteiger partial charge in [0.25, 0.3) is 0 Å². The molecule has 0 radical (unpaired) electrons. The highest BCUT2D eigenvalue weighted by molar-refractivity contribution is 5.75. The smallest absolute Gasteiger partial charge is 0.310 e. The van der Waals surface area contributed by atoms with E-state index in [9.17, 15) is 4.79 Å². The molecule has 2 aliphatic rings. The van der Waals surface area contributed by atoms with E-state index in [0.29, 0.717) is 0 Å². The highest BCUT2D eigenvalue weighted by atomic mass is 16.7. The van der Waals surface area contributed by atoms with Crippen molar-refractivity contribution in [2.75, 3.05) is 7.11 Å². The molecule has 2 aromatic carbocycles. The molecule has 2 aromatic rings. The third-order valence-corrected chi connectivity index (χ3v) is 6.42. The Bertz CT molecular complexity index is 907. The predicted molar refractivity (Wildman–Crippen MR) is 120 cm³/mol. The number of hydrogen-bond donors (Lipinski definition) is 1. The predicted octanol–water partition coefficient (Wildman–Crippen LogP) is 5.33. The summed E-state index contributed by atoms with van der Waals surface area (Å²) in [5.41, 5.74) is 4.49. The maximum absolute atomic E-state index is 13.3. The summed E-state index contributed by atoms with van der Waals surface area (Å²) in [6.45, 7) is 5.77. The van der Waals surface area contributed by atoms with E-state index in [1.54, 1.807) is 7.11 Å². The first-order chi connectivity index (χ1) is 14.8. The fourth-order valence-corrected chi connectivity index (χ4v) is 5.23. The van der Waals surface area contributed by atoms with Crippen LogP contribution in [0.15, 0.2) is 54.6 Å². The fourth-order valence-electron chi connectivity index (χ4n) is 5.23. The number of methoxy groups -OCH3 is 1. The standard InChI is InChI=1S/C26H33NO4/c1-25(2,3)30-24(28)20-14-10-16-26(23(20)18-11-6-5-7-12-18)17-21(27-31-26)19-13-8-9-15-22(19)29-4/h5-9,11-13,15,20-21,23,27H,10,14,16-17H2,1-4H3/t20?,21-,23-,26-/m1/s1. The van der Waals surface area contributed by atoms with Crippen LogP contribution in [0.4, 0.5) is 0 Å². The Balaban J connectivity index is 1.69. The number of hydrogen-bond acceptors (Lipinski definition) is 5. The van der Waals surface area contributed by atoms with Crippen LogP contribution in [0.5, 0.6) is 5.75 Å². The highest BCUT2D eigenvalue weighted by Gasteiger charge is 2.55. The second-order valence-electron chi connectivity index (χ2n) is 9.70. The molecule has 4 atom stereocenters. The highest BCUT2D eigenvalue weighted by Crippen LogP contribution is 2.54. The van der Waals surface area contributed by atoms with Crippen molar-refractivity contribution in [1.82, 2.24) is 5.48 Å². The summed E-state index contributed by atoms with van der Waals surface area (Å²) in [7, 11) is 1.69. The summed E-state index contributed by atoms with van der Waals surface area (Å²) < 4.78 is 11.4. The topological polar surface area (TPSA) is 56.8 Å². The molecule has 166 valence electrons. The summed E-state index contributed by atoms with van der Waals surface area (Å²) in [5, 5.41) is 0. The van der Waals surface area contributed by atoms with Crippen molar-refractivity contribution in [2.24, 2.45) is 5.92 Å². The Morgan fingerprint density at radius 1 is 1.10 bits per heavy atom. The lowest BCUT2D eigenvalue weighted by Gasteiger charge is -2.44. The molecule has 1 aliphatic heterocycles.